The van der Waals surface area contributed by atoms with Gasteiger partial charge < -0.3 is 5.32 Å². The minimum atomic E-state index is -3.61. The third kappa shape index (κ3) is 3.72. The number of nitrogens with two attached hydrogens (primary N) is 1. The van der Waals surface area contributed by atoms with Crippen LogP contribution in [0.5, 0.6) is 0 Å². The molecular formula is C10H12N2O2S. The standard InChI is InChI=1S/C10H12N2O2S/c1-12-8-2-3-9-4-6-10(7-5-9)15(11,13)14/h4-7,12H,8H2,1H3,(H2,11,13,14). The van der Waals surface area contributed by atoms with Crippen molar-refractivity contribution in [3.05, 3.63) is 29.8 Å². The molecule has 1 rings (SSSR count). The van der Waals surface area contributed by atoms with Crippen LogP contribution in [0.15, 0.2) is 29.2 Å². The molecule has 0 unspecified atom stereocenters. The van der Waals surface area contributed by atoms with Gasteiger partial charge in [-0.1, -0.05) is 11.8 Å². The van der Waals surface area contributed by atoms with E-state index in [2.05, 4.69) is 17.2 Å². The molecule has 5 heteroatoms. The first-order valence-electron chi connectivity index (χ1n) is 4.30. The lowest BCUT2D eigenvalue weighted by Gasteiger charge is -1.96. The molecule has 0 aliphatic carbocycles. The molecule has 0 fully saturated rings. The molecule has 3 N–H and O–H groups in total. The molecule has 0 atom stereocenters. The van der Waals surface area contributed by atoms with Crippen LogP contribution < -0.4 is 10.5 Å². The minimum Gasteiger partial charge on any atom is -0.309 e. The van der Waals surface area contributed by atoms with Crippen LogP contribution in [0.3, 0.4) is 0 Å². The molecule has 0 saturated heterocycles. The average Bonchev–Trinajstić information content (AvgIpc) is 2.18. The Labute approximate surface area is 89.5 Å². The maximum atomic E-state index is 10.9. The Hall–Kier alpha value is -1.35. The summed E-state index contributed by atoms with van der Waals surface area (Å²) in [7, 11) is -1.80. The second-order valence-electron chi connectivity index (χ2n) is 2.90. The zero-order chi connectivity index (χ0) is 11.3. The van der Waals surface area contributed by atoms with Gasteiger partial charge >= 0.3 is 0 Å². The van der Waals surface area contributed by atoms with E-state index in [0.717, 1.165) is 5.56 Å². The third-order valence-electron chi connectivity index (χ3n) is 1.68. The minimum absolute atomic E-state index is 0.0988. The number of nitrogens with one attached hydrogen (secondary N) is 1. The summed E-state index contributed by atoms with van der Waals surface area (Å²) in [5.74, 6) is 5.74. The molecule has 15 heavy (non-hydrogen) atoms. The van der Waals surface area contributed by atoms with E-state index in [1.807, 2.05) is 0 Å². The van der Waals surface area contributed by atoms with E-state index < -0.39 is 10.0 Å². The molecule has 80 valence electrons. The van der Waals surface area contributed by atoms with E-state index in [1.165, 1.54) is 12.1 Å². The van der Waals surface area contributed by atoms with E-state index >= 15 is 0 Å². The molecule has 0 aliphatic heterocycles. The van der Waals surface area contributed by atoms with E-state index in [4.69, 9.17) is 5.14 Å². The van der Waals surface area contributed by atoms with E-state index in [0.29, 0.717) is 6.54 Å². The molecule has 0 radical (unpaired) electrons. The topological polar surface area (TPSA) is 72.2 Å². The van der Waals surface area contributed by atoms with Gasteiger partial charge in [0.15, 0.2) is 0 Å². The molecule has 0 amide bonds. The molecule has 0 heterocycles. The highest BCUT2D eigenvalue weighted by Crippen LogP contribution is 2.07. The predicted molar refractivity (Wildman–Crippen MR) is 58.6 cm³/mol. The SMILES string of the molecule is CNCC#Cc1ccc(S(N)(=O)=O)cc1. The Kier molecular flexibility index (Phi) is 3.86. The highest BCUT2D eigenvalue weighted by atomic mass is 32.2. The normalized spacial score (nSPS) is 10.5. The lowest BCUT2D eigenvalue weighted by molar-refractivity contribution is 0.598. The fraction of sp³-hybridized carbons (Fsp3) is 0.200. The van der Waals surface area contributed by atoms with Crippen LogP contribution in [0.2, 0.25) is 0 Å². The van der Waals surface area contributed by atoms with Crippen molar-refractivity contribution in [2.24, 2.45) is 5.14 Å². The molecule has 1 aromatic rings. The van der Waals surface area contributed by atoms with Crippen molar-refractivity contribution < 1.29 is 8.42 Å². The molecule has 0 aromatic heterocycles. The van der Waals surface area contributed by atoms with Crippen molar-refractivity contribution in [3.63, 3.8) is 0 Å². The Balaban J connectivity index is 2.88. The van der Waals surface area contributed by atoms with Crippen molar-refractivity contribution in [1.82, 2.24) is 5.32 Å². The van der Waals surface area contributed by atoms with E-state index in [-0.39, 0.29) is 4.90 Å². The summed E-state index contributed by atoms with van der Waals surface area (Å²) in [6.45, 7) is 0.594. The smallest absolute Gasteiger partial charge is 0.238 e. The summed E-state index contributed by atoms with van der Waals surface area (Å²) in [6.07, 6.45) is 0. The Morgan fingerprint density at radius 1 is 1.33 bits per heavy atom. The maximum absolute atomic E-state index is 10.9. The second-order valence-corrected chi connectivity index (χ2v) is 4.46. The van der Waals surface area contributed by atoms with Gasteiger partial charge in [0.1, 0.15) is 0 Å². The van der Waals surface area contributed by atoms with Gasteiger partial charge in [-0.25, -0.2) is 13.6 Å². The number of primary sulfonamides is 1. The van der Waals surface area contributed by atoms with Crippen molar-refractivity contribution >= 4 is 10.0 Å². The summed E-state index contributed by atoms with van der Waals surface area (Å²) < 4.78 is 21.9. The summed E-state index contributed by atoms with van der Waals surface area (Å²) >= 11 is 0. The number of rotatable bonds is 2. The second kappa shape index (κ2) is 4.94. The molecule has 4 nitrogen and oxygen atoms in total. The molecule has 1 aromatic carbocycles. The molecule has 0 spiro atoms. The average molecular weight is 224 g/mol. The fourth-order valence-corrected chi connectivity index (χ4v) is 1.48. The zero-order valence-corrected chi connectivity index (χ0v) is 9.14. The van der Waals surface area contributed by atoms with Gasteiger partial charge in [0.2, 0.25) is 10.0 Å². The largest absolute Gasteiger partial charge is 0.309 e. The quantitative estimate of drug-likeness (QED) is 0.689. The first-order chi connectivity index (χ1) is 7.04. The van der Waals surface area contributed by atoms with E-state index in [1.54, 1.807) is 19.2 Å². The van der Waals surface area contributed by atoms with Crippen LogP contribution in [-0.4, -0.2) is 22.0 Å². The number of benzene rings is 1. The molecule has 0 bridgehead atoms. The van der Waals surface area contributed by atoms with Crippen molar-refractivity contribution in [3.8, 4) is 11.8 Å². The van der Waals surface area contributed by atoms with Gasteiger partial charge in [-0.2, -0.15) is 0 Å². The van der Waals surface area contributed by atoms with Crippen LogP contribution in [0.25, 0.3) is 0 Å². The first kappa shape index (κ1) is 11.7. The van der Waals surface area contributed by atoms with Crippen LogP contribution in [0, 0.1) is 11.8 Å². The van der Waals surface area contributed by atoms with Gasteiger partial charge in [-0.15, -0.1) is 0 Å². The van der Waals surface area contributed by atoms with Crippen LogP contribution >= 0.6 is 0 Å². The summed E-state index contributed by atoms with van der Waals surface area (Å²) in [6, 6.07) is 6.14. The van der Waals surface area contributed by atoms with E-state index in [9.17, 15) is 8.42 Å². The van der Waals surface area contributed by atoms with Gasteiger partial charge in [0.05, 0.1) is 11.4 Å². The number of sulfonamides is 1. The van der Waals surface area contributed by atoms with Gasteiger partial charge in [0.25, 0.3) is 0 Å². The van der Waals surface area contributed by atoms with Crippen LogP contribution in [0.1, 0.15) is 5.56 Å². The first-order valence-corrected chi connectivity index (χ1v) is 5.85. The van der Waals surface area contributed by atoms with Gasteiger partial charge in [-0.05, 0) is 31.3 Å². The lowest BCUT2D eigenvalue weighted by Crippen LogP contribution is -2.11. The Morgan fingerprint density at radius 3 is 2.40 bits per heavy atom. The number of hydrogen-bond acceptors (Lipinski definition) is 3. The summed E-state index contributed by atoms with van der Waals surface area (Å²) in [5.41, 5.74) is 0.762. The number of hydrogen-bond donors (Lipinski definition) is 2. The van der Waals surface area contributed by atoms with Crippen molar-refractivity contribution in [2.75, 3.05) is 13.6 Å². The predicted octanol–water partition coefficient (Wildman–Crippen LogP) is -0.0951. The highest BCUT2D eigenvalue weighted by molar-refractivity contribution is 7.89. The molecule has 0 saturated carbocycles. The molecule has 0 aliphatic rings. The Morgan fingerprint density at radius 2 is 1.93 bits per heavy atom. The van der Waals surface area contributed by atoms with Crippen LogP contribution in [0.4, 0.5) is 0 Å². The molecular weight excluding hydrogens is 212 g/mol. The van der Waals surface area contributed by atoms with Gasteiger partial charge in [-0.3, -0.25) is 0 Å². The zero-order valence-electron chi connectivity index (χ0n) is 8.32. The monoisotopic (exact) mass is 224 g/mol. The van der Waals surface area contributed by atoms with Crippen molar-refractivity contribution in [2.45, 2.75) is 4.90 Å². The third-order valence-corrected chi connectivity index (χ3v) is 2.61. The van der Waals surface area contributed by atoms with Crippen LogP contribution in [-0.2, 0) is 10.0 Å². The summed E-state index contributed by atoms with van der Waals surface area (Å²) in [4.78, 5) is 0.0988. The Bertz CT molecular complexity index is 480. The maximum Gasteiger partial charge on any atom is 0.238 e. The lowest BCUT2D eigenvalue weighted by atomic mass is 10.2. The van der Waals surface area contributed by atoms with Gasteiger partial charge in [0, 0.05) is 5.56 Å². The fourth-order valence-electron chi connectivity index (χ4n) is 0.963. The van der Waals surface area contributed by atoms with Crippen molar-refractivity contribution in [1.29, 1.82) is 0 Å². The highest BCUT2D eigenvalue weighted by Gasteiger charge is 2.05. The summed E-state index contributed by atoms with van der Waals surface area (Å²) in [5, 5.41) is 7.84.